The molecule has 1 aliphatic heterocycles. The van der Waals surface area contributed by atoms with E-state index in [-0.39, 0.29) is 29.6 Å². The van der Waals surface area contributed by atoms with Crippen LogP contribution in [0.25, 0.3) is 0 Å². The maximum atomic E-state index is 12.6. The topological polar surface area (TPSA) is 109 Å². The molecule has 1 aromatic heterocycles. The fourth-order valence-corrected chi connectivity index (χ4v) is 3.54. The van der Waals surface area contributed by atoms with Gasteiger partial charge in [-0.15, -0.1) is 0 Å². The third-order valence-electron chi connectivity index (χ3n) is 3.20. The quantitative estimate of drug-likeness (QED) is 0.560. The van der Waals surface area contributed by atoms with Gasteiger partial charge in [-0.3, -0.25) is 15.6 Å². The monoisotopic (exact) mass is 299 g/mol. The van der Waals surface area contributed by atoms with Gasteiger partial charge in [0.2, 0.25) is 15.9 Å². The summed E-state index contributed by atoms with van der Waals surface area (Å²) >= 11 is 0. The van der Waals surface area contributed by atoms with Gasteiger partial charge in [-0.05, 0) is 12.5 Å². The van der Waals surface area contributed by atoms with Gasteiger partial charge in [0.1, 0.15) is 4.90 Å². The standard InChI is InChI=1S/C11H17N5O3S/c1-15-5-2-6-16(8-11(15)17)20(18,19)10-7-13-4-3-9(10)14-12/h3-4,7H,2,5-6,8,12H2,1H3,(H,13,14). The van der Waals surface area contributed by atoms with E-state index >= 15 is 0 Å². The molecular formula is C11H17N5O3S. The lowest BCUT2D eigenvalue weighted by Gasteiger charge is -2.20. The number of rotatable bonds is 3. The number of amides is 1. The van der Waals surface area contributed by atoms with Crippen LogP contribution in [-0.4, -0.2) is 55.2 Å². The summed E-state index contributed by atoms with van der Waals surface area (Å²) in [6.07, 6.45) is 3.26. The van der Waals surface area contributed by atoms with E-state index in [1.165, 1.54) is 23.4 Å². The molecule has 2 rings (SSSR count). The van der Waals surface area contributed by atoms with Gasteiger partial charge in [0.05, 0.1) is 12.2 Å². The van der Waals surface area contributed by atoms with Crippen molar-refractivity contribution in [3.05, 3.63) is 18.5 Å². The highest BCUT2D eigenvalue weighted by Crippen LogP contribution is 2.23. The second kappa shape index (κ2) is 5.73. The molecule has 0 aliphatic carbocycles. The molecule has 1 aliphatic rings. The van der Waals surface area contributed by atoms with Crippen molar-refractivity contribution in [2.75, 3.05) is 32.1 Å². The number of nitrogens with two attached hydrogens (primary N) is 1. The summed E-state index contributed by atoms with van der Waals surface area (Å²) < 4.78 is 26.3. The van der Waals surface area contributed by atoms with Gasteiger partial charge in [0.15, 0.2) is 0 Å². The van der Waals surface area contributed by atoms with Crippen molar-refractivity contribution in [3.8, 4) is 0 Å². The van der Waals surface area contributed by atoms with Crippen LogP contribution in [0, 0.1) is 0 Å². The van der Waals surface area contributed by atoms with Crippen LogP contribution in [0.5, 0.6) is 0 Å². The van der Waals surface area contributed by atoms with Crippen LogP contribution in [0.4, 0.5) is 5.69 Å². The lowest BCUT2D eigenvalue weighted by atomic mass is 10.4. The largest absolute Gasteiger partial charge is 0.345 e. The zero-order chi connectivity index (χ0) is 14.8. The molecule has 0 unspecified atom stereocenters. The highest BCUT2D eigenvalue weighted by Gasteiger charge is 2.31. The predicted molar refractivity (Wildman–Crippen MR) is 73.1 cm³/mol. The summed E-state index contributed by atoms with van der Waals surface area (Å²) in [5.74, 6) is 5.10. The molecule has 0 aromatic carbocycles. The molecule has 8 nitrogen and oxygen atoms in total. The maximum absolute atomic E-state index is 12.6. The highest BCUT2D eigenvalue weighted by molar-refractivity contribution is 7.89. The average molecular weight is 299 g/mol. The van der Waals surface area contributed by atoms with Crippen molar-refractivity contribution in [2.45, 2.75) is 11.3 Å². The first-order valence-electron chi connectivity index (χ1n) is 6.11. The Bertz CT molecular complexity index is 604. The third-order valence-corrected chi connectivity index (χ3v) is 5.07. The van der Waals surface area contributed by atoms with Crippen LogP contribution < -0.4 is 11.3 Å². The van der Waals surface area contributed by atoms with Crippen molar-refractivity contribution in [3.63, 3.8) is 0 Å². The second-order valence-corrected chi connectivity index (χ2v) is 6.43. The normalized spacial score (nSPS) is 17.9. The lowest BCUT2D eigenvalue weighted by molar-refractivity contribution is -0.129. The average Bonchev–Trinajstić information content (AvgIpc) is 2.61. The van der Waals surface area contributed by atoms with Crippen LogP contribution in [-0.2, 0) is 14.8 Å². The minimum absolute atomic E-state index is 0.0279. The lowest BCUT2D eigenvalue weighted by Crippen LogP contribution is -2.38. The summed E-state index contributed by atoms with van der Waals surface area (Å²) in [6, 6.07) is 1.47. The molecule has 20 heavy (non-hydrogen) atoms. The molecule has 2 heterocycles. The predicted octanol–water partition coefficient (Wildman–Crippen LogP) is -0.780. The minimum Gasteiger partial charge on any atom is -0.345 e. The number of carbonyl (C=O) groups is 1. The molecule has 1 aromatic rings. The third kappa shape index (κ3) is 2.74. The molecular weight excluding hydrogens is 282 g/mol. The van der Waals surface area contributed by atoms with Crippen LogP contribution in [0.2, 0.25) is 0 Å². The molecule has 1 fully saturated rings. The maximum Gasteiger partial charge on any atom is 0.247 e. The number of aromatic nitrogens is 1. The Kier molecular flexibility index (Phi) is 4.21. The van der Waals surface area contributed by atoms with Gasteiger partial charge in [-0.1, -0.05) is 0 Å². The molecule has 0 atom stereocenters. The Labute approximate surface area is 117 Å². The van der Waals surface area contributed by atoms with E-state index in [4.69, 9.17) is 5.84 Å². The first-order chi connectivity index (χ1) is 9.46. The number of sulfonamides is 1. The number of hydrazine groups is 1. The van der Waals surface area contributed by atoms with Crippen molar-refractivity contribution in [1.29, 1.82) is 0 Å². The van der Waals surface area contributed by atoms with Gasteiger partial charge in [-0.25, -0.2) is 8.42 Å². The molecule has 0 spiro atoms. The van der Waals surface area contributed by atoms with E-state index in [2.05, 4.69) is 10.4 Å². The van der Waals surface area contributed by atoms with E-state index in [1.807, 2.05) is 0 Å². The Morgan fingerprint density at radius 2 is 2.15 bits per heavy atom. The summed E-state index contributed by atoms with van der Waals surface area (Å²) in [5, 5.41) is 0. The SMILES string of the molecule is CN1CCCN(S(=O)(=O)c2cnccc2NN)CC1=O. The summed E-state index contributed by atoms with van der Waals surface area (Å²) in [5.41, 5.74) is 2.59. The van der Waals surface area contributed by atoms with Gasteiger partial charge in [0, 0.05) is 32.5 Å². The van der Waals surface area contributed by atoms with Gasteiger partial charge >= 0.3 is 0 Å². The molecule has 1 saturated heterocycles. The Morgan fingerprint density at radius 3 is 2.85 bits per heavy atom. The number of likely N-dealkylation sites (N-methyl/N-ethyl adjacent to an activating group) is 1. The van der Waals surface area contributed by atoms with Crippen molar-refractivity contribution >= 4 is 21.6 Å². The number of hydrogen-bond donors (Lipinski definition) is 2. The number of carbonyl (C=O) groups excluding carboxylic acids is 1. The molecule has 1 amide bonds. The van der Waals surface area contributed by atoms with E-state index < -0.39 is 10.0 Å². The second-order valence-electron chi connectivity index (χ2n) is 4.52. The van der Waals surface area contributed by atoms with Crippen LogP contribution >= 0.6 is 0 Å². The summed E-state index contributed by atoms with van der Waals surface area (Å²) in [4.78, 5) is 17.1. The highest BCUT2D eigenvalue weighted by atomic mass is 32.2. The van der Waals surface area contributed by atoms with Crippen molar-refractivity contribution < 1.29 is 13.2 Å². The van der Waals surface area contributed by atoms with E-state index in [9.17, 15) is 13.2 Å². The Hall–Kier alpha value is -1.71. The molecule has 110 valence electrons. The number of hydrogen-bond acceptors (Lipinski definition) is 6. The summed E-state index contributed by atoms with van der Waals surface area (Å²) in [7, 11) is -2.14. The fraction of sp³-hybridized carbons (Fsp3) is 0.455. The molecule has 3 N–H and O–H groups in total. The number of nitrogens with one attached hydrogen (secondary N) is 1. The molecule has 0 bridgehead atoms. The van der Waals surface area contributed by atoms with Crippen LogP contribution in [0.1, 0.15) is 6.42 Å². The number of pyridine rings is 1. The number of nitrogens with zero attached hydrogens (tertiary/aromatic N) is 3. The zero-order valence-electron chi connectivity index (χ0n) is 11.1. The van der Waals surface area contributed by atoms with Gasteiger partial charge in [0.25, 0.3) is 0 Å². The van der Waals surface area contributed by atoms with E-state index in [1.54, 1.807) is 7.05 Å². The van der Waals surface area contributed by atoms with Gasteiger partial charge < -0.3 is 10.3 Å². The van der Waals surface area contributed by atoms with Gasteiger partial charge in [-0.2, -0.15) is 4.31 Å². The summed E-state index contributed by atoms with van der Waals surface area (Å²) in [6.45, 7) is 0.662. The van der Waals surface area contributed by atoms with Crippen molar-refractivity contribution in [2.24, 2.45) is 5.84 Å². The van der Waals surface area contributed by atoms with Crippen LogP contribution in [0.3, 0.4) is 0 Å². The van der Waals surface area contributed by atoms with E-state index in [0.29, 0.717) is 13.0 Å². The van der Waals surface area contributed by atoms with Crippen LogP contribution in [0.15, 0.2) is 23.4 Å². The first kappa shape index (κ1) is 14.7. The van der Waals surface area contributed by atoms with E-state index in [0.717, 1.165) is 4.31 Å². The minimum atomic E-state index is -3.80. The number of anilines is 1. The smallest absolute Gasteiger partial charge is 0.247 e. The Morgan fingerprint density at radius 1 is 1.40 bits per heavy atom. The molecule has 0 saturated carbocycles. The number of nitrogen functional groups attached to an aromatic ring is 1. The molecule has 0 radical (unpaired) electrons. The first-order valence-corrected chi connectivity index (χ1v) is 7.55. The fourth-order valence-electron chi connectivity index (χ4n) is 2.01. The van der Waals surface area contributed by atoms with Crippen molar-refractivity contribution in [1.82, 2.24) is 14.2 Å². The molecule has 9 heteroatoms. The Balaban J connectivity index is 2.37. The zero-order valence-corrected chi connectivity index (χ0v) is 11.9.